The standard InChI is InChI=1S/C22H17ClFNO3/c1-10-6-14-15(7-11(10)2)22-19(21(27)20(14)26)12(3)18(28-22)9-25-13-4-5-17(24)16(23)8-13/h4-8,25H,9H2,1-3H3. The number of hydrogen-bond donors (Lipinski definition) is 1. The molecule has 1 N–H and O–H groups in total. The number of carbonyl (C=O) groups is 2. The van der Waals surface area contributed by atoms with E-state index in [4.69, 9.17) is 16.0 Å². The molecule has 0 saturated heterocycles. The number of rotatable bonds is 3. The van der Waals surface area contributed by atoms with Crippen molar-refractivity contribution in [1.29, 1.82) is 0 Å². The second-order valence-corrected chi connectivity index (χ2v) is 7.38. The fourth-order valence-corrected chi connectivity index (χ4v) is 3.59. The number of nitrogens with one attached hydrogen (secondary N) is 1. The van der Waals surface area contributed by atoms with Crippen molar-refractivity contribution in [2.45, 2.75) is 27.3 Å². The van der Waals surface area contributed by atoms with E-state index in [0.717, 1.165) is 11.1 Å². The van der Waals surface area contributed by atoms with Gasteiger partial charge in [0.15, 0.2) is 0 Å². The number of carbonyl (C=O) groups excluding carboxylic acids is 2. The number of Topliss-reactive ketones (excluding diaryl/α,β-unsaturated/α-hetero) is 2. The van der Waals surface area contributed by atoms with Gasteiger partial charge in [-0.1, -0.05) is 11.6 Å². The van der Waals surface area contributed by atoms with Crippen molar-refractivity contribution >= 4 is 28.9 Å². The summed E-state index contributed by atoms with van der Waals surface area (Å²) in [5.41, 5.74) is 4.53. The largest absolute Gasteiger partial charge is 0.458 e. The van der Waals surface area contributed by atoms with E-state index in [2.05, 4.69) is 5.32 Å². The van der Waals surface area contributed by atoms with Crippen molar-refractivity contribution in [2.24, 2.45) is 0 Å². The topological polar surface area (TPSA) is 59.3 Å². The molecule has 28 heavy (non-hydrogen) atoms. The third-order valence-electron chi connectivity index (χ3n) is 5.17. The van der Waals surface area contributed by atoms with E-state index in [1.54, 1.807) is 19.1 Å². The summed E-state index contributed by atoms with van der Waals surface area (Å²) in [5, 5.41) is 3.12. The second kappa shape index (κ2) is 6.60. The number of ketones is 2. The van der Waals surface area contributed by atoms with Crippen LogP contribution in [0, 0.1) is 26.6 Å². The van der Waals surface area contributed by atoms with Crippen molar-refractivity contribution in [1.82, 2.24) is 0 Å². The zero-order valence-electron chi connectivity index (χ0n) is 15.6. The van der Waals surface area contributed by atoms with Gasteiger partial charge in [-0.2, -0.15) is 0 Å². The molecule has 1 aliphatic rings. The first-order valence-corrected chi connectivity index (χ1v) is 9.17. The van der Waals surface area contributed by atoms with Gasteiger partial charge in [-0.15, -0.1) is 0 Å². The van der Waals surface area contributed by atoms with Gasteiger partial charge in [0.05, 0.1) is 17.1 Å². The zero-order valence-corrected chi connectivity index (χ0v) is 16.3. The monoisotopic (exact) mass is 397 g/mol. The molecule has 1 aromatic heterocycles. The summed E-state index contributed by atoms with van der Waals surface area (Å²) >= 11 is 5.81. The molecule has 2 aromatic carbocycles. The van der Waals surface area contributed by atoms with Gasteiger partial charge in [0.2, 0.25) is 11.6 Å². The summed E-state index contributed by atoms with van der Waals surface area (Å²) < 4.78 is 19.3. The lowest BCUT2D eigenvalue weighted by atomic mass is 9.85. The Labute approximate surface area is 166 Å². The normalized spacial score (nSPS) is 12.8. The van der Waals surface area contributed by atoms with Gasteiger partial charge < -0.3 is 9.73 Å². The molecule has 0 aliphatic heterocycles. The van der Waals surface area contributed by atoms with Gasteiger partial charge in [-0.05, 0) is 62.2 Å². The van der Waals surface area contributed by atoms with Crippen LogP contribution in [0.15, 0.2) is 34.7 Å². The predicted molar refractivity (Wildman–Crippen MR) is 106 cm³/mol. The summed E-state index contributed by atoms with van der Waals surface area (Å²) in [6, 6.07) is 7.94. The van der Waals surface area contributed by atoms with Gasteiger partial charge in [-0.25, -0.2) is 4.39 Å². The van der Waals surface area contributed by atoms with Gasteiger partial charge in [0.25, 0.3) is 0 Å². The summed E-state index contributed by atoms with van der Waals surface area (Å²) in [6.45, 7) is 5.88. The van der Waals surface area contributed by atoms with Crippen molar-refractivity contribution in [3.05, 3.63) is 74.7 Å². The Balaban J connectivity index is 1.74. The number of fused-ring (bicyclic) bond motifs is 3. The van der Waals surface area contributed by atoms with Crippen LogP contribution in [-0.2, 0) is 6.54 Å². The van der Waals surface area contributed by atoms with Crippen LogP contribution >= 0.6 is 11.6 Å². The molecular formula is C22H17ClFNO3. The van der Waals surface area contributed by atoms with Crippen LogP contribution in [0.5, 0.6) is 0 Å². The summed E-state index contributed by atoms with van der Waals surface area (Å²) in [4.78, 5) is 25.3. The smallest absolute Gasteiger partial charge is 0.237 e. The molecule has 142 valence electrons. The number of halogens is 2. The second-order valence-electron chi connectivity index (χ2n) is 6.98. The van der Waals surface area contributed by atoms with Crippen LogP contribution in [-0.4, -0.2) is 11.6 Å². The number of benzene rings is 2. The van der Waals surface area contributed by atoms with Crippen molar-refractivity contribution in [3.63, 3.8) is 0 Å². The average Bonchev–Trinajstić information content (AvgIpc) is 2.99. The van der Waals surface area contributed by atoms with E-state index >= 15 is 0 Å². The fourth-order valence-electron chi connectivity index (χ4n) is 3.41. The number of furan rings is 1. The van der Waals surface area contributed by atoms with Crippen molar-refractivity contribution in [3.8, 4) is 11.3 Å². The minimum Gasteiger partial charge on any atom is -0.458 e. The Morgan fingerprint density at radius 2 is 1.68 bits per heavy atom. The molecule has 1 heterocycles. The molecule has 4 nitrogen and oxygen atoms in total. The molecule has 4 rings (SSSR count). The SMILES string of the molecule is Cc1cc2c(cc1C)-c1oc(CNc3ccc(F)c(Cl)c3)c(C)c1C(=O)C2=O. The quantitative estimate of drug-likeness (QED) is 0.580. The Kier molecular flexibility index (Phi) is 4.35. The molecule has 0 saturated carbocycles. The lowest BCUT2D eigenvalue weighted by molar-refractivity contribution is 0.0814. The Morgan fingerprint density at radius 3 is 2.36 bits per heavy atom. The molecule has 0 unspecified atom stereocenters. The van der Waals surface area contributed by atoms with E-state index in [-0.39, 0.29) is 11.6 Å². The van der Waals surface area contributed by atoms with Gasteiger partial charge in [0, 0.05) is 22.4 Å². The highest BCUT2D eigenvalue weighted by Gasteiger charge is 2.36. The van der Waals surface area contributed by atoms with Gasteiger partial charge >= 0.3 is 0 Å². The van der Waals surface area contributed by atoms with Crippen LogP contribution in [0.1, 0.15) is 43.2 Å². The third kappa shape index (κ3) is 2.83. The molecule has 0 amide bonds. The lowest BCUT2D eigenvalue weighted by Crippen LogP contribution is -2.21. The summed E-state index contributed by atoms with van der Waals surface area (Å²) in [5.74, 6) is -0.600. The van der Waals surface area contributed by atoms with Crippen LogP contribution < -0.4 is 5.32 Å². The Bertz CT molecular complexity index is 1160. The highest BCUT2D eigenvalue weighted by Crippen LogP contribution is 2.39. The Hall–Kier alpha value is -2.92. The molecule has 3 aromatic rings. The van der Waals surface area contributed by atoms with Gasteiger partial charge in [0.1, 0.15) is 17.3 Å². The highest BCUT2D eigenvalue weighted by molar-refractivity contribution is 6.53. The number of aryl methyl sites for hydroxylation is 2. The minimum absolute atomic E-state index is 0.0148. The maximum Gasteiger partial charge on any atom is 0.237 e. The molecule has 0 spiro atoms. The molecule has 0 bridgehead atoms. The first-order chi connectivity index (χ1) is 13.3. The van der Waals surface area contributed by atoms with Crippen molar-refractivity contribution in [2.75, 3.05) is 5.32 Å². The molecule has 1 aliphatic carbocycles. The Morgan fingerprint density at radius 1 is 1.00 bits per heavy atom. The summed E-state index contributed by atoms with van der Waals surface area (Å²) in [7, 11) is 0. The van der Waals surface area contributed by atoms with Crippen LogP contribution in [0.3, 0.4) is 0 Å². The van der Waals surface area contributed by atoms with E-state index in [9.17, 15) is 14.0 Å². The number of anilines is 1. The van der Waals surface area contributed by atoms with E-state index in [1.165, 1.54) is 12.1 Å². The summed E-state index contributed by atoms with van der Waals surface area (Å²) in [6.07, 6.45) is 0. The maximum atomic E-state index is 13.3. The third-order valence-corrected chi connectivity index (χ3v) is 5.46. The minimum atomic E-state index is -0.553. The predicted octanol–water partition coefficient (Wildman–Crippen LogP) is 5.66. The lowest BCUT2D eigenvalue weighted by Gasteiger charge is -2.15. The first-order valence-electron chi connectivity index (χ1n) is 8.79. The molecular weight excluding hydrogens is 381 g/mol. The van der Waals surface area contributed by atoms with E-state index in [1.807, 2.05) is 19.9 Å². The maximum absolute atomic E-state index is 13.3. The average molecular weight is 398 g/mol. The van der Waals surface area contributed by atoms with E-state index < -0.39 is 17.4 Å². The van der Waals surface area contributed by atoms with Crippen LogP contribution in [0.25, 0.3) is 11.3 Å². The van der Waals surface area contributed by atoms with Crippen molar-refractivity contribution < 1.29 is 18.4 Å². The molecule has 0 radical (unpaired) electrons. The van der Waals surface area contributed by atoms with Crippen LogP contribution in [0.4, 0.5) is 10.1 Å². The fraction of sp³-hybridized carbons (Fsp3) is 0.182. The molecule has 6 heteroatoms. The molecule has 0 atom stereocenters. The van der Waals surface area contributed by atoms with Gasteiger partial charge in [-0.3, -0.25) is 9.59 Å². The molecule has 0 fully saturated rings. The van der Waals surface area contributed by atoms with Crippen LogP contribution in [0.2, 0.25) is 5.02 Å². The first kappa shape index (κ1) is 18.4. The zero-order chi connectivity index (χ0) is 20.2. The highest BCUT2D eigenvalue weighted by atomic mass is 35.5. The van der Waals surface area contributed by atoms with E-state index in [0.29, 0.717) is 39.5 Å². The number of hydrogen-bond acceptors (Lipinski definition) is 4.